The molecule has 0 saturated heterocycles. The summed E-state index contributed by atoms with van der Waals surface area (Å²) in [6.07, 6.45) is 0. The Morgan fingerprint density at radius 2 is 1.48 bits per heavy atom. The highest BCUT2D eigenvalue weighted by Crippen LogP contribution is 2.39. The second-order valence-electron chi connectivity index (χ2n) is 7.09. The Morgan fingerprint density at radius 1 is 0.818 bits per heavy atom. The third kappa shape index (κ3) is 4.74. The SMILES string of the molecule is N#Cc1c(N)nc(Sc2ccccc2N)c(C#N)c1-c1ccc(OCc2ccccc2)cc1. The lowest BCUT2D eigenvalue weighted by Crippen LogP contribution is -2.03. The van der Waals surface area contributed by atoms with Crippen molar-refractivity contribution in [3.8, 4) is 29.0 Å². The maximum atomic E-state index is 9.97. The Kier molecular flexibility index (Phi) is 6.45. The van der Waals surface area contributed by atoms with Gasteiger partial charge in [-0.1, -0.05) is 66.4 Å². The fraction of sp³-hybridized carbons (Fsp3) is 0.0385. The predicted octanol–water partition coefficient (Wildman–Crippen LogP) is 5.39. The molecule has 0 aliphatic rings. The van der Waals surface area contributed by atoms with Crippen LogP contribution in [0.1, 0.15) is 16.7 Å². The van der Waals surface area contributed by atoms with Crippen LogP contribution in [-0.4, -0.2) is 4.98 Å². The molecule has 160 valence electrons. The minimum Gasteiger partial charge on any atom is -0.489 e. The van der Waals surface area contributed by atoms with Gasteiger partial charge in [0.2, 0.25) is 0 Å². The first-order valence-electron chi connectivity index (χ1n) is 10.0. The maximum Gasteiger partial charge on any atom is 0.143 e. The Hall–Kier alpha value is -4.46. The molecule has 0 atom stereocenters. The molecule has 0 aliphatic heterocycles. The van der Waals surface area contributed by atoms with Crippen LogP contribution >= 0.6 is 11.8 Å². The summed E-state index contributed by atoms with van der Waals surface area (Å²) < 4.78 is 5.85. The molecule has 0 fully saturated rings. The van der Waals surface area contributed by atoms with Gasteiger partial charge in [-0.25, -0.2) is 4.98 Å². The molecule has 7 heteroatoms. The fourth-order valence-electron chi connectivity index (χ4n) is 3.30. The van der Waals surface area contributed by atoms with Crippen LogP contribution in [0.5, 0.6) is 5.75 Å². The number of nitrogens with two attached hydrogens (primary N) is 2. The molecule has 4 rings (SSSR count). The standard InChI is InChI=1S/C26H19N5OS/c27-14-20-24(18-10-12-19(13-11-18)32-16-17-6-2-1-3-7-17)21(15-28)26(31-25(20)30)33-23-9-5-4-8-22(23)29/h1-13H,16,29H2,(H2,30,31). The van der Waals surface area contributed by atoms with Crippen molar-refractivity contribution in [2.24, 2.45) is 0 Å². The lowest BCUT2D eigenvalue weighted by Gasteiger charge is -2.14. The van der Waals surface area contributed by atoms with Crippen LogP contribution in [0.2, 0.25) is 0 Å². The zero-order valence-electron chi connectivity index (χ0n) is 17.5. The quantitative estimate of drug-likeness (QED) is 0.379. The average Bonchev–Trinajstić information content (AvgIpc) is 2.85. The van der Waals surface area contributed by atoms with Crippen molar-refractivity contribution in [1.82, 2.24) is 4.98 Å². The summed E-state index contributed by atoms with van der Waals surface area (Å²) in [6.45, 7) is 0.439. The van der Waals surface area contributed by atoms with Crippen molar-refractivity contribution in [2.75, 3.05) is 11.5 Å². The van der Waals surface area contributed by atoms with Crippen LogP contribution in [0.3, 0.4) is 0 Å². The van der Waals surface area contributed by atoms with Crippen molar-refractivity contribution < 1.29 is 4.74 Å². The van der Waals surface area contributed by atoms with Gasteiger partial charge < -0.3 is 16.2 Å². The van der Waals surface area contributed by atoms with Gasteiger partial charge in [0.1, 0.15) is 40.9 Å². The van der Waals surface area contributed by atoms with Crippen LogP contribution in [0.25, 0.3) is 11.1 Å². The number of hydrogen-bond acceptors (Lipinski definition) is 7. The molecule has 0 saturated carbocycles. The molecular formula is C26H19N5OS. The van der Waals surface area contributed by atoms with E-state index in [1.165, 1.54) is 11.8 Å². The van der Waals surface area contributed by atoms with E-state index in [0.29, 0.717) is 34.2 Å². The van der Waals surface area contributed by atoms with Crippen molar-refractivity contribution >= 4 is 23.3 Å². The topological polar surface area (TPSA) is 122 Å². The lowest BCUT2D eigenvalue weighted by molar-refractivity contribution is 0.306. The normalized spacial score (nSPS) is 10.2. The summed E-state index contributed by atoms with van der Waals surface area (Å²) in [6, 6.07) is 28.7. The van der Waals surface area contributed by atoms with Gasteiger partial charge in [0, 0.05) is 16.1 Å². The Balaban J connectivity index is 1.70. The van der Waals surface area contributed by atoms with Gasteiger partial charge in [0.25, 0.3) is 0 Å². The molecule has 1 aromatic heterocycles. The molecule has 0 radical (unpaired) electrons. The van der Waals surface area contributed by atoms with Crippen molar-refractivity contribution in [3.05, 3.63) is 95.6 Å². The fourth-order valence-corrected chi connectivity index (χ4v) is 4.23. The highest BCUT2D eigenvalue weighted by Gasteiger charge is 2.21. The molecule has 3 aromatic carbocycles. The summed E-state index contributed by atoms with van der Waals surface area (Å²) in [4.78, 5) is 5.08. The molecule has 4 N–H and O–H groups in total. The Labute approximate surface area is 196 Å². The number of pyridine rings is 1. The van der Waals surface area contributed by atoms with Crippen LogP contribution in [0, 0.1) is 22.7 Å². The minimum atomic E-state index is 0.0629. The van der Waals surface area contributed by atoms with E-state index < -0.39 is 0 Å². The Bertz CT molecular complexity index is 1370. The molecular weight excluding hydrogens is 430 g/mol. The van der Waals surface area contributed by atoms with E-state index in [1.54, 1.807) is 18.2 Å². The third-order valence-electron chi connectivity index (χ3n) is 4.93. The van der Waals surface area contributed by atoms with E-state index in [-0.39, 0.29) is 16.9 Å². The van der Waals surface area contributed by atoms with E-state index >= 15 is 0 Å². The van der Waals surface area contributed by atoms with Gasteiger partial charge in [0.05, 0.1) is 5.56 Å². The zero-order valence-corrected chi connectivity index (χ0v) is 18.3. The number of nitriles is 2. The molecule has 0 spiro atoms. The summed E-state index contributed by atoms with van der Waals surface area (Å²) in [7, 11) is 0. The number of para-hydroxylation sites is 1. The highest BCUT2D eigenvalue weighted by atomic mass is 32.2. The molecule has 0 aliphatic carbocycles. The number of benzene rings is 3. The smallest absolute Gasteiger partial charge is 0.143 e. The van der Waals surface area contributed by atoms with E-state index in [9.17, 15) is 10.5 Å². The number of ether oxygens (including phenoxy) is 1. The highest BCUT2D eigenvalue weighted by molar-refractivity contribution is 7.99. The first kappa shape index (κ1) is 21.8. The van der Waals surface area contributed by atoms with Crippen molar-refractivity contribution in [2.45, 2.75) is 16.5 Å². The van der Waals surface area contributed by atoms with Crippen molar-refractivity contribution in [3.63, 3.8) is 0 Å². The number of hydrogen-bond donors (Lipinski definition) is 2. The van der Waals surface area contributed by atoms with Gasteiger partial charge in [-0.3, -0.25) is 0 Å². The van der Waals surface area contributed by atoms with E-state index in [1.807, 2.05) is 60.7 Å². The molecule has 0 bridgehead atoms. The summed E-state index contributed by atoms with van der Waals surface area (Å²) in [5.74, 6) is 0.737. The first-order valence-corrected chi connectivity index (χ1v) is 10.9. The number of nitrogen functional groups attached to an aromatic ring is 2. The number of nitrogens with zero attached hydrogens (tertiary/aromatic N) is 3. The van der Waals surface area contributed by atoms with Gasteiger partial charge in [-0.15, -0.1) is 0 Å². The first-order chi connectivity index (χ1) is 16.1. The lowest BCUT2D eigenvalue weighted by atomic mass is 9.97. The number of rotatable bonds is 6. The van der Waals surface area contributed by atoms with E-state index in [0.717, 1.165) is 10.5 Å². The largest absolute Gasteiger partial charge is 0.489 e. The van der Waals surface area contributed by atoms with Gasteiger partial charge in [-0.05, 0) is 35.4 Å². The van der Waals surface area contributed by atoms with Gasteiger partial charge in [0.15, 0.2) is 0 Å². The monoisotopic (exact) mass is 449 g/mol. The average molecular weight is 450 g/mol. The zero-order chi connectivity index (χ0) is 23.2. The summed E-state index contributed by atoms with van der Waals surface area (Å²) >= 11 is 1.24. The summed E-state index contributed by atoms with van der Waals surface area (Å²) in [5, 5.41) is 20.1. The van der Waals surface area contributed by atoms with E-state index in [4.69, 9.17) is 16.2 Å². The summed E-state index contributed by atoms with van der Waals surface area (Å²) in [5.41, 5.74) is 15.4. The predicted molar refractivity (Wildman–Crippen MR) is 129 cm³/mol. The molecule has 0 unspecified atom stereocenters. The molecule has 1 heterocycles. The van der Waals surface area contributed by atoms with Crippen molar-refractivity contribution in [1.29, 1.82) is 10.5 Å². The second kappa shape index (κ2) is 9.78. The Morgan fingerprint density at radius 3 is 2.15 bits per heavy atom. The van der Waals surface area contributed by atoms with Crippen LogP contribution in [-0.2, 0) is 6.61 Å². The minimum absolute atomic E-state index is 0.0629. The second-order valence-corrected chi connectivity index (χ2v) is 8.12. The van der Waals surface area contributed by atoms with Crippen LogP contribution < -0.4 is 16.2 Å². The van der Waals surface area contributed by atoms with E-state index in [2.05, 4.69) is 17.1 Å². The molecule has 33 heavy (non-hydrogen) atoms. The molecule has 6 nitrogen and oxygen atoms in total. The number of anilines is 2. The number of aromatic nitrogens is 1. The molecule has 0 amide bonds. The van der Waals surface area contributed by atoms with Gasteiger partial charge in [-0.2, -0.15) is 10.5 Å². The van der Waals surface area contributed by atoms with Gasteiger partial charge >= 0.3 is 0 Å². The third-order valence-corrected chi connectivity index (χ3v) is 6.01. The maximum absolute atomic E-state index is 9.97. The molecule has 4 aromatic rings. The van der Waals surface area contributed by atoms with Crippen LogP contribution in [0.15, 0.2) is 88.8 Å². The van der Waals surface area contributed by atoms with Crippen LogP contribution in [0.4, 0.5) is 11.5 Å².